The van der Waals surface area contributed by atoms with Gasteiger partial charge in [-0.05, 0) is 6.42 Å². The molecule has 0 aromatic heterocycles. The van der Waals surface area contributed by atoms with E-state index < -0.39 is 0 Å². The number of hydrogen-bond donors (Lipinski definition) is 0. The molecule has 1 aliphatic heterocycles. The van der Waals surface area contributed by atoms with Crippen LogP contribution in [0.3, 0.4) is 0 Å². The average molecular weight is 128 g/mol. The zero-order valence-electron chi connectivity index (χ0n) is 5.51. The van der Waals surface area contributed by atoms with E-state index in [-0.39, 0.29) is 6.10 Å². The van der Waals surface area contributed by atoms with Gasteiger partial charge in [-0.2, -0.15) is 0 Å². The molecule has 2 nitrogen and oxygen atoms in total. The van der Waals surface area contributed by atoms with Gasteiger partial charge in [0.05, 0.1) is 25.9 Å². The summed E-state index contributed by atoms with van der Waals surface area (Å²) in [6, 6.07) is 0. The Balaban J connectivity index is 2.15. The van der Waals surface area contributed by atoms with Gasteiger partial charge >= 0.3 is 0 Å². The molecule has 0 aromatic carbocycles. The Morgan fingerprint density at radius 3 is 3.00 bits per heavy atom. The first kappa shape index (κ1) is 6.78. The fourth-order valence-electron chi connectivity index (χ4n) is 0.859. The standard InChI is InChI=1S/C7H12O2/c1-2-3-7-6-8-4-5-9-7/h2,7H,1,3-6H2/t7-/m1/s1. The van der Waals surface area contributed by atoms with E-state index in [4.69, 9.17) is 9.47 Å². The van der Waals surface area contributed by atoms with Crippen molar-refractivity contribution in [1.82, 2.24) is 0 Å². The van der Waals surface area contributed by atoms with Crippen molar-refractivity contribution in [1.29, 1.82) is 0 Å². The first-order valence-electron chi connectivity index (χ1n) is 3.23. The minimum atomic E-state index is 0.260. The summed E-state index contributed by atoms with van der Waals surface area (Å²) in [6.07, 6.45) is 3.02. The van der Waals surface area contributed by atoms with Crippen molar-refractivity contribution in [2.24, 2.45) is 0 Å². The Kier molecular flexibility index (Phi) is 2.74. The van der Waals surface area contributed by atoms with Gasteiger partial charge in [0.2, 0.25) is 0 Å². The number of hydrogen-bond acceptors (Lipinski definition) is 2. The molecule has 1 fully saturated rings. The molecule has 1 heterocycles. The van der Waals surface area contributed by atoms with E-state index in [1.807, 2.05) is 6.08 Å². The molecule has 9 heavy (non-hydrogen) atoms. The first-order chi connectivity index (χ1) is 4.43. The van der Waals surface area contributed by atoms with E-state index in [2.05, 4.69) is 6.58 Å². The lowest BCUT2D eigenvalue weighted by molar-refractivity contribution is -0.0861. The Morgan fingerprint density at radius 2 is 2.44 bits per heavy atom. The maximum Gasteiger partial charge on any atom is 0.0843 e. The summed E-state index contributed by atoms with van der Waals surface area (Å²) in [4.78, 5) is 0. The van der Waals surface area contributed by atoms with E-state index in [1.54, 1.807) is 0 Å². The second-order valence-electron chi connectivity index (χ2n) is 2.09. The van der Waals surface area contributed by atoms with Crippen molar-refractivity contribution in [3.63, 3.8) is 0 Å². The molecule has 0 unspecified atom stereocenters. The highest BCUT2D eigenvalue weighted by atomic mass is 16.6. The van der Waals surface area contributed by atoms with Gasteiger partial charge in [0.15, 0.2) is 0 Å². The molecule has 0 aliphatic carbocycles. The molecular formula is C7H12O2. The lowest BCUT2D eigenvalue weighted by Gasteiger charge is -2.21. The first-order valence-corrected chi connectivity index (χ1v) is 3.23. The zero-order valence-corrected chi connectivity index (χ0v) is 5.51. The van der Waals surface area contributed by atoms with Crippen LogP contribution in [0.4, 0.5) is 0 Å². The summed E-state index contributed by atoms with van der Waals surface area (Å²) in [5, 5.41) is 0. The van der Waals surface area contributed by atoms with E-state index >= 15 is 0 Å². The molecule has 0 saturated carbocycles. The van der Waals surface area contributed by atoms with Crippen molar-refractivity contribution < 1.29 is 9.47 Å². The summed E-state index contributed by atoms with van der Waals surface area (Å²) in [5.41, 5.74) is 0. The molecule has 0 aromatic rings. The summed E-state index contributed by atoms with van der Waals surface area (Å²) in [5.74, 6) is 0. The highest BCUT2D eigenvalue weighted by Crippen LogP contribution is 2.04. The molecule has 52 valence electrons. The van der Waals surface area contributed by atoms with Crippen LogP contribution in [0.1, 0.15) is 6.42 Å². The molecule has 1 atom stereocenters. The van der Waals surface area contributed by atoms with Crippen LogP contribution in [0.15, 0.2) is 12.7 Å². The van der Waals surface area contributed by atoms with Crippen molar-refractivity contribution >= 4 is 0 Å². The topological polar surface area (TPSA) is 18.5 Å². The van der Waals surface area contributed by atoms with Crippen LogP contribution < -0.4 is 0 Å². The molecule has 2 heteroatoms. The summed E-state index contributed by atoms with van der Waals surface area (Å²) < 4.78 is 10.5. The second-order valence-corrected chi connectivity index (χ2v) is 2.09. The molecule has 0 amide bonds. The summed E-state index contributed by atoms with van der Waals surface area (Å²) >= 11 is 0. The van der Waals surface area contributed by atoms with E-state index in [0.29, 0.717) is 0 Å². The Morgan fingerprint density at radius 1 is 1.56 bits per heavy atom. The van der Waals surface area contributed by atoms with Crippen LogP contribution in [0.5, 0.6) is 0 Å². The fourth-order valence-corrected chi connectivity index (χ4v) is 0.859. The molecular weight excluding hydrogens is 116 g/mol. The van der Waals surface area contributed by atoms with Crippen LogP contribution in [0.25, 0.3) is 0 Å². The van der Waals surface area contributed by atoms with Gasteiger partial charge in [-0.25, -0.2) is 0 Å². The predicted octanol–water partition coefficient (Wildman–Crippen LogP) is 0.978. The van der Waals surface area contributed by atoms with Crippen molar-refractivity contribution in [3.8, 4) is 0 Å². The Labute approximate surface area is 55.5 Å². The average Bonchev–Trinajstić information content (AvgIpc) is 1.91. The zero-order chi connectivity index (χ0) is 6.53. The van der Waals surface area contributed by atoms with Gasteiger partial charge in [-0.15, -0.1) is 6.58 Å². The smallest absolute Gasteiger partial charge is 0.0843 e. The van der Waals surface area contributed by atoms with Crippen LogP contribution >= 0.6 is 0 Å². The molecule has 0 N–H and O–H groups in total. The lowest BCUT2D eigenvalue weighted by atomic mass is 10.2. The van der Waals surface area contributed by atoms with Crippen molar-refractivity contribution in [3.05, 3.63) is 12.7 Å². The monoisotopic (exact) mass is 128 g/mol. The normalized spacial score (nSPS) is 27.8. The van der Waals surface area contributed by atoms with E-state index in [9.17, 15) is 0 Å². The van der Waals surface area contributed by atoms with Crippen LogP contribution in [-0.4, -0.2) is 25.9 Å². The van der Waals surface area contributed by atoms with Crippen molar-refractivity contribution in [2.45, 2.75) is 12.5 Å². The van der Waals surface area contributed by atoms with Crippen LogP contribution in [-0.2, 0) is 9.47 Å². The molecule has 1 saturated heterocycles. The third kappa shape index (κ3) is 2.16. The van der Waals surface area contributed by atoms with Gasteiger partial charge in [-0.3, -0.25) is 0 Å². The fraction of sp³-hybridized carbons (Fsp3) is 0.714. The third-order valence-corrected chi connectivity index (χ3v) is 1.31. The van der Waals surface area contributed by atoms with Gasteiger partial charge in [0.25, 0.3) is 0 Å². The molecule has 0 spiro atoms. The van der Waals surface area contributed by atoms with Crippen LogP contribution in [0, 0.1) is 0 Å². The minimum Gasteiger partial charge on any atom is -0.376 e. The quantitative estimate of drug-likeness (QED) is 0.516. The predicted molar refractivity (Wildman–Crippen MR) is 35.4 cm³/mol. The Hall–Kier alpha value is -0.340. The molecule has 0 bridgehead atoms. The van der Waals surface area contributed by atoms with Gasteiger partial charge < -0.3 is 9.47 Å². The van der Waals surface area contributed by atoms with E-state index in [1.165, 1.54) is 0 Å². The van der Waals surface area contributed by atoms with Gasteiger partial charge in [-0.1, -0.05) is 6.08 Å². The highest BCUT2D eigenvalue weighted by Gasteiger charge is 2.11. The maximum atomic E-state index is 5.32. The largest absolute Gasteiger partial charge is 0.376 e. The summed E-state index contributed by atoms with van der Waals surface area (Å²) in [6.45, 7) is 5.83. The number of rotatable bonds is 2. The summed E-state index contributed by atoms with van der Waals surface area (Å²) in [7, 11) is 0. The molecule has 1 rings (SSSR count). The second kappa shape index (κ2) is 3.64. The van der Waals surface area contributed by atoms with Gasteiger partial charge in [0.1, 0.15) is 0 Å². The van der Waals surface area contributed by atoms with Crippen molar-refractivity contribution in [2.75, 3.05) is 19.8 Å². The highest BCUT2D eigenvalue weighted by molar-refractivity contribution is 4.74. The van der Waals surface area contributed by atoms with E-state index in [0.717, 1.165) is 26.2 Å². The SMILES string of the molecule is C=CC[C@@H]1COCCO1. The molecule has 1 aliphatic rings. The molecule has 0 radical (unpaired) electrons. The Bertz CT molecular complexity index is 84.9. The van der Waals surface area contributed by atoms with Crippen LogP contribution in [0.2, 0.25) is 0 Å². The van der Waals surface area contributed by atoms with Gasteiger partial charge in [0, 0.05) is 0 Å². The maximum absolute atomic E-state index is 5.32. The lowest BCUT2D eigenvalue weighted by Crippen LogP contribution is -2.27. The minimum absolute atomic E-state index is 0.260. The third-order valence-electron chi connectivity index (χ3n) is 1.31. The number of ether oxygens (including phenoxy) is 2.